The summed E-state index contributed by atoms with van der Waals surface area (Å²) in [6.45, 7) is 2.03. The van der Waals surface area contributed by atoms with Gasteiger partial charge in [0.1, 0.15) is 0 Å². The van der Waals surface area contributed by atoms with Crippen molar-refractivity contribution in [1.82, 2.24) is 5.16 Å². The molecule has 1 aromatic heterocycles. The maximum atomic E-state index is 12.9. The van der Waals surface area contributed by atoms with E-state index >= 15 is 0 Å². The van der Waals surface area contributed by atoms with E-state index in [1.165, 1.54) is 5.56 Å². The number of nitrogens with zero attached hydrogens (tertiary/aromatic N) is 2. The zero-order valence-electron chi connectivity index (χ0n) is 13.1. The molecular weight excluding hydrogens is 324 g/mol. The molecule has 0 fully saturated rings. The average Bonchev–Trinajstić information content (AvgIpc) is 3.18. The highest BCUT2D eigenvalue weighted by molar-refractivity contribution is 6.33. The third kappa shape index (κ3) is 2.39. The summed E-state index contributed by atoms with van der Waals surface area (Å²) in [5, 5.41) is 4.52. The van der Waals surface area contributed by atoms with Crippen LogP contribution in [0.1, 0.15) is 23.0 Å². The summed E-state index contributed by atoms with van der Waals surface area (Å²) in [5.41, 5.74) is 3.12. The first kappa shape index (κ1) is 15.0. The maximum absolute atomic E-state index is 12.9. The predicted molar refractivity (Wildman–Crippen MR) is 93.4 cm³/mol. The number of hydrogen-bond donors (Lipinski definition) is 0. The van der Waals surface area contributed by atoms with Crippen molar-refractivity contribution in [2.75, 3.05) is 4.90 Å². The van der Waals surface area contributed by atoms with Gasteiger partial charge in [-0.05, 0) is 37.1 Å². The number of aromatic nitrogens is 1. The van der Waals surface area contributed by atoms with Gasteiger partial charge < -0.3 is 9.42 Å². The minimum absolute atomic E-state index is 0.0929. The highest BCUT2D eigenvalue weighted by Gasteiger charge is 2.32. The van der Waals surface area contributed by atoms with Gasteiger partial charge in [-0.1, -0.05) is 47.1 Å². The molecule has 1 aliphatic heterocycles. The Morgan fingerprint density at radius 2 is 1.96 bits per heavy atom. The number of halogens is 1. The second-order valence-corrected chi connectivity index (χ2v) is 6.32. The number of fused-ring (bicyclic) bond motifs is 1. The number of amides is 1. The Morgan fingerprint density at radius 3 is 2.79 bits per heavy atom. The zero-order chi connectivity index (χ0) is 16.7. The molecule has 1 atom stereocenters. The lowest BCUT2D eigenvalue weighted by Gasteiger charge is -2.21. The fourth-order valence-corrected chi connectivity index (χ4v) is 3.39. The topological polar surface area (TPSA) is 46.3 Å². The molecule has 0 saturated carbocycles. The van der Waals surface area contributed by atoms with Gasteiger partial charge in [-0.2, -0.15) is 0 Å². The zero-order valence-corrected chi connectivity index (χ0v) is 13.8. The van der Waals surface area contributed by atoms with Gasteiger partial charge in [0.25, 0.3) is 5.91 Å². The van der Waals surface area contributed by atoms with E-state index in [0.717, 1.165) is 17.7 Å². The highest BCUT2D eigenvalue weighted by atomic mass is 35.5. The maximum Gasteiger partial charge on any atom is 0.280 e. The molecule has 1 aliphatic rings. The summed E-state index contributed by atoms with van der Waals surface area (Å²) < 4.78 is 5.35. The summed E-state index contributed by atoms with van der Waals surface area (Å²) in [6.07, 6.45) is 0.844. The molecule has 24 heavy (non-hydrogen) atoms. The average molecular weight is 339 g/mol. The van der Waals surface area contributed by atoms with Crippen LogP contribution in [-0.4, -0.2) is 17.1 Å². The Balaban J connectivity index is 1.68. The van der Waals surface area contributed by atoms with Crippen LogP contribution >= 0.6 is 11.6 Å². The SMILES string of the molecule is C[C@@H]1Cc2ccccc2N1C(=O)c1cc(-c2ccccc2Cl)on1. The Kier molecular flexibility index (Phi) is 3.62. The van der Waals surface area contributed by atoms with E-state index < -0.39 is 0 Å². The molecule has 0 unspecified atom stereocenters. The number of carbonyl (C=O) groups excluding carboxylic acids is 1. The fraction of sp³-hybridized carbons (Fsp3) is 0.158. The van der Waals surface area contributed by atoms with Gasteiger partial charge in [-0.3, -0.25) is 4.79 Å². The van der Waals surface area contributed by atoms with Crippen molar-refractivity contribution in [3.05, 3.63) is 70.9 Å². The molecule has 4 nitrogen and oxygen atoms in total. The van der Waals surface area contributed by atoms with Gasteiger partial charge >= 0.3 is 0 Å². The standard InChI is InChI=1S/C19H15ClN2O2/c1-12-10-13-6-2-5-9-17(13)22(12)19(23)16-11-18(24-21-16)14-7-3-4-8-15(14)20/h2-9,11-12H,10H2,1H3/t12-/m1/s1. The first-order chi connectivity index (χ1) is 11.6. The molecule has 2 heterocycles. The molecule has 4 rings (SSSR count). The molecule has 5 heteroatoms. The Labute approximate surface area is 144 Å². The van der Waals surface area contributed by atoms with Gasteiger partial charge in [-0.25, -0.2) is 0 Å². The van der Waals surface area contributed by atoms with Gasteiger partial charge in [0, 0.05) is 23.4 Å². The van der Waals surface area contributed by atoms with E-state index in [1.54, 1.807) is 17.0 Å². The number of benzene rings is 2. The molecule has 120 valence electrons. The predicted octanol–water partition coefficient (Wildman–Crippen LogP) is 4.59. The van der Waals surface area contributed by atoms with Crippen LogP contribution < -0.4 is 4.90 Å². The van der Waals surface area contributed by atoms with Crippen LogP contribution in [0.5, 0.6) is 0 Å². The molecule has 1 amide bonds. The number of carbonyl (C=O) groups is 1. The monoisotopic (exact) mass is 338 g/mol. The first-order valence-corrected chi connectivity index (χ1v) is 8.16. The quantitative estimate of drug-likeness (QED) is 0.686. The number of hydrogen-bond acceptors (Lipinski definition) is 3. The summed E-state index contributed by atoms with van der Waals surface area (Å²) in [7, 11) is 0. The number of anilines is 1. The molecule has 0 N–H and O–H groups in total. The molecule has 0 saturated heterocycles. The van der Waals surface area contributed by atoms with Crippen LogP contribution in [0.4, 0.5) is 5.69 Å². The van der Waals surface area contributed by atoms with Crippen molar-refractivity contribution in [2.45, 2.75) is 19.4 Å². The van der Waals surface area contributed by atoms with E-state index in [0.29, 0.717) is 10.8 Å². The van der Waals surface area contributed by atoms with Gasteiger partial charge in [0.05, 0.1) is 5.02 Å². The number of para-hydroxylation sites is 1. The van der Waals surface area contributed by atoms with Crippen LogP contribution in [0, 0.1) is 0 Å². The molecule has 0 aliphatic carbocycles. The van der Waals surface area contributed by atoms with Crippen molar-refractivity contribution in [1.29, 1.82) is 0 Å². The van der Waals surface area contributed by atoms with Crippen LogP contribution in [0.2, 0.25) is 5.02 Å². The van der Waals surface area contributed by atoms with Crippen LogP contribution in [0.25, 0.3) is 11.3 Å². The van der Waals surface area contributed by atoms with E-state index in [1.807, 2.05) is 43.3 Å². The molecule has 3 aromatic rings. The Bertz CT molecular complexity index is 919. The number of rotatable bonds is 2. The molecule has 0 radical (unpaired) electrons. The van der Waals surface area contributed by atoms with Crippen molar-refractivity contribution < 1.29 is 9.32 Å². The minimum atomic E-state index is -0.158. The molecule has 0 bridgehead atoms. The summed E-state index contributed by atoms with van der Waals surface area (Å²) >= 11 is 6.18. The van der Waals surface area contributed by atoms with E-state index in [-0.39, 0.29) is 17.6 Å². The smallest absolute Gasteiger partial charge is 0.280 e. The second kappa shape index (κ2) is 5.80. The van der Waals surface area contributed by atoms with Crippen LogP contribution in [0.3, 0.4) is 0 Å². The first-order valence-electron chi connectivity index (χ1n) is 7.78. The summed E-state index contributed by atoms with van der Waals surface area (Å²) in [4.78, 5) is 14.7. The summed E-state index contributed by atoms with van der Waals surface area (Å²) in [5.74, 6) is 0.332. The minimum Gasteiger partial charge on any atom is -0.355 e. The van der Waals surface area contributed by atoms with Crippen molar-refractivity contribution in [3.8, 4) is 11.3 Å². The third-order valence-corrected chi connectivity index (χ3v) is 4.62. The van der Waals surface area contributed by atoms with Crippen LogP contribution in [-0.2, 0) is 6.42 Å². The van der Waals surface area contributed by atoms with Crippen molar-refractivity contribution in [2.24, 2.45) is 0 Å². The van der Waals surface area contributed by atoms with E-state index in [2.05, 4.69) is 11.2 Å². The molecular formula is C19H15ClN2O2. The molecule has 0 spiro atoms. The van der Waals surface area contributed by atoms with E-state index in [4.69, 9.17) is 16.1 Å². The lowest BCUT2D eigenvalue weighted by atomic mass is 10.1. The second-order valence-electron chi connectivity index (χ2n) is 5.91. The third-order valence-electron chi connectivity index (χ3n) is 4.29. The van der Waals surface area contributed by atoms with Gasteiger partial charge in [0.2, 0.25) is 0 Å². The van der Waals surface area contributed by atoms with Crippen LogP contribution in [0.15, 0.2) is 59.1 Å². The lowest BCUT2D eigenvalue weighted by molar-refractivity contribution is 0.0973. The normalized spacial score (nSPS) is 16.2. The molecule has 2 aromatic carbocycles. The van der Waals surface area contributed by atoms with Crippen molar-refractivity contribution >= 4 is 23.2 Å². The van der Waals surface area contributed by atoms with Gasteiger partial charge in [-0.15, -0.1) is 0 Å². The summed E-state index contributed by atoms with van der Waals surface area (Å²) in [6, 6.07) is 17.0. The Morgan fingerprint density at radius 1 is 1.21 bits per heavy atom. The highest BCUT2D eigenvalue weighted by Crippen LogP contribution is 2.34. The lowest BCUT2D eigenvalue weighted by Crippen LogP contribution is -2.35. The fourth-order valence-electron chi connectivity index (χ4n) is 3.16. The van der Waals surface area contributed by atoms with E-state index in [9.17, 15) is 4.79 Å². The van der Waals surface area contributed by atoms with Crippen molar-refractivity contribution in [3.63, 3.8) is 0 Å². The Hall–Kier alpha value is -2.59. The largest absolute Gasteiger partial charge is 0.355 e. The van der Waals surface area contributed by atoms with Gasteiger partial charge in [0.15, 0.2) is 11.5 Å².